The molecule has 2 amide bonds. The van der Waals surface area contributed by atoms with Crippen molar-refractivity contribution in [1.82, 2.24) is 9.97 Å². The van der Waals surface area contributed by atoms with E-state index >= 15 is 0 Å². The number of methoxy groups -OCH3 is 1. The van der Waals surface area contributed by atoms with Crippen LogP contribution in [0.25, 0.3) is 0 Å². The van der Waals surface area contributed by atoms with Gasteiger partial charge in [0.2, 0.25) is 11.8 Å². The number of nitrogens with one attached hydrogen (secondary N) is 1. The Bertz CT molecular complexity index is 527. The minimum Gasteiger partial charge on any atom is -0.481 e. The number of amides is 2. The molecular weight excluding hydrogens is 268 g/mol. The Labute approximate surface area is 103 Å². The number of rotatable bonds is 3. The molecule has 0 radical (unpaired) electrons. The predicted molar refractivity (Wildman–Crippen MR) is 60.7 cm³/mol. The van der Waals surface area contributed by atoms with Crippen LogP contribution in [0.15, 0.2) is 15.5 Å². The number of anilines is 1. The third-order valence-corrected chi connectivity index (χ3v) is 2.42. The zero-order valence-corrected chi connectivity index (χ0v) is 10.5. The molecule has 0 bridgehead atoms. The average Bonchev–Trinajstić information content (AvgIpc) is 2.27. The fourth-order valence-corrected chi connectivity index (χ4v) is 1.43. The van der Waals surface area contributed by atoms with Gasteiger partial charge in [-0.15, -0.1) is 11.8 Å². The second-order valence-electron chi connectivity index (χ2n) is 2.51. The van der Waals surface area contributed by atoms with E-state index < -0.39 is 16.5 Å². The van der Waals surface area contributed by atoms with Crippen molar-refractivity contribution in [2.45, 2.75) is 5.03 Å². The first-order chi connectivity index (χ1) is 8.05. The summed E-state index contributed by atoms with van der Waals surface area (Å²) in [5.41, 5.74) is 0. The van der Waals surface area contributed by atoms with Gasteiger partial charge in [-0.2, -0.15) is 13.4 Å². The zero-order chi connectivity index (χ0) is 12.8. The monoisotopic (exact) mass is 276 g/mol. The van der Waals surface area contributed by atoms with Gasteiger partial charge >= 0.3 is 16.5 Å². The molecular formula is C7H8N4O4S2. The highest BCUT2D eigenvalue weighted by Gasteiger charge is 2.07. The molecule has 0 aliphatic carbocycles. The van der Waals surface area contributed by atoms with E-state index in [2.05, 4.69) is 19.6 Å². The highest BCUT2D eigenvalue weighted by molar-refractivity contribution is 7.98. The lowest BCUT2D eigenvalue weighted by atomic mass is 10.6. The summed E-state index contributed by atoms with van der Waals surface area (Å²) in [4.78, 5) is 18.8. The standard InChI is InChI=1S/C7H8N4O4S2/c1-15-4-3-5(16-2)9-6(8-4)10-7(12)11-17(13)14/h3H,1-2H3,(H,8,9,10,12). The van der Waals surface area contributed by atoms with Crippen LogP contribution in [0.2, 0.25) is 0 Å². The molecule has 0 unspecified atom stereocenters. The number of carbonyl (C=O) groups is 1. The second-order valence-corrected chi connectivity index (χ2v) is 3.96. The number of hydrogen-bond acceptors (Lipinski definition) is 7. The summed E-state index contributed by atoms with van der Waals surface area (Å²) in [6.07, 6.45) is 1.78. The van der Waals surface area contributed by atoms with Crippen LogP contribution in [0.1, 0.15) is 0 Å². The number of urea groups is 1. The molecule has 0 aromatic carbocycles. The van der Waals surface area contributed by atoms with Crippen LogP contribution in [-0.2, 0) is 10.5 Å². The average molecular weight is 276 g/mol. The molecule has 0 aliphatic heterocycles. The minimum absolute atomic E-state index is 0.0760. The van der Waals surface area contributed by atoms with Crippen LogP contribution < -0.4 is 10.1 Å². The summed E-state index contributed by atoms with van der Waals surface area (Å²) in [5, 5.41) is 2.67. The normalized spacial score (nSPS) is 9.53. The molecule has 17 heavy (non-hydrogen) atoms. The number of ether oxygens (including phenoxy) is 1. The molecule has 10 heteroatoms. The van der Waals surface area contributed by atoms with Gasteiger partial charge in [0.25, 0.3) is 0 Å². The quantitative estimate of drug-likeness (QED) is 0.642. The molecule has 1 heterocycles. The Hall–Kier alpha value is -1.68. The smallest absolute Gasteiger partial charge is 0.362 e. The topological polar surface area (TPSA) is 111 Å². The first-order valence-electron chi connectivity index (χ1n) is 4.14. The molecule has 0 fully saturated rings. The van der Waals surface area contributed by atoms with Crippen LogP contribution in [0.3, 0.4) is 0 Å². The lowest BCUT2D eigenvalue weighted by molar-refractivity contribution is 0.259. The van der Waals surface area contributed by atoms with Gasteiger partial charge in [0, 0.05) is 6.07 Å². The molecule has 0 saturated carbocycles. The molecule has 0 atom stereocenters. The van der Waals surface area contributed by atoms with Crippen LogP contribution in [0, 0.1) is 0 Å². The van der Waals surface area contributed by atoms with Gasteiger partial charge in [-0.05, 0) is 6.26 Å². The Morgan fingerprint density at radius 1 is 1.53 bits per heavy atom. The van der Waals surface area contributed by atoms with E-state index in [9.17, 15) is 13.2 Å². The largest absolute Gasteiger partial charge is 0.481 e. The van der Waals surface area contributed by atoms with Gasteiger partial charge in [0.15, 0.2) is 0 Å². The van der Waals surface area contributed by atoms with Gasteiger partial charge in [0.1, 0.15) is 5.03 Å². The van der Waals surface area contributed by atoms with Gasteiger partial charge in [-0.3, -0.25) is 5.32 Å². The Morgan fingerprint density at radius 2 is 2.24 bits per heavy atom. The van der Waals surface area contributed by atoms with E-state index in [0.29, 0.717) is 5.03 Å². The lowest BCUT2D eigenvalue weighted by Gasteiger charge is -2.04. The summed E-state index contributed by atoms with van der Waals surface area (Å²) >= 11 is 1.32. The van der Waals surface area contributed by atoms with Crippen LogP contribution in [-0.4, -0.2) is 37.8 Å². The Balaban J connectivity index is 2.98. The molecule has 0 spiro atoms. The van der Waals surface area contributed by atoms with E-state index in [1.54, 1.807) is 12.3 Å². The van der Waals surface area contributed by atoms with Crippen LogP contribution in [0.4, 0.5) is 10.7 Å². The summed E-state index contributed by atoms with van der Waals surface area (Å²) in [6, 6.07) is 0.502. The number of hydrogen-bond donors (Lipinski definition) is 1. The SMILES string of the molecule is COc1cc(SC)nc(NC(=O)N=S(=O)=O)n1. The summed E-state index contributed by atoms with van der Waals surface area (Å²) in [6.45, 7) is 0. The lowest BCUT2D eigenvalue weighted by Crippen LogP contribution is -2.10. The van der Waals surface area contributed by atoms with Gasteiger partial charge < -0.3 is 4.74 Å². The molecule has 8 nitrogen and oxygen atoms in total. The number of thioether (sulfide) groups is 1. The first kappa shape index (κ1) is 13.4. The predicted octanol–water partition coefficient (Wildman–Crippen LogP) is 0.802. The number of carbonyl (C=O) groups excluding carboxylic acids is 1. The van der Waals surface area contributed by atoms with Gasteiger partial charge in [-0.25, -0.2) is 9.78 Å². The van der Waals surface area contributed by atoms with E-state index in [-0.39, 0.29) is 11.8 Å². The van der Waals surface area contributed by atoms with Crippen molar-refractivity contribution in [2.75, 3.05) is 18.7 Å². The highest BCUT2D eigenvalue weighted by atomic mass is 32.2. The molecule has 1 rings (SSSR count). The van der Waals surface area contributed by atoms with Crippen molar-refractivity contribution in [1.29, 1.82) is 0 Å². The first-order valence-corrected chi connectivity index (χ1v) is 6.40. The fraction of sp³-hybridized carbons (Fsp3) is 0.286. The number of aromatic nitrogens is 2. The third-order valence-electron chi connectivity index (χ3n) is 1.47. The molecule has 1 N–H and O–H groups in total. The highest BCUT2D eigenvalue weighted by Crippen LogP contribution is 2.19. The molecule has 92 valence electrons. The van der Waals surface area contributed by atoms with Crippen molar-refractivity contribution in [3.8, 4) is 5.88 Å². The van der Waals surface area contributed by atoms with E-state index in [1.807, 2.05) is 0 Å². The maximum Gasteiger partial charge on any atom is 0.362 e. The second kappa shape index (κ2) is 6.15. The summed E-state index contributed by atoms with van der Waals surface area (Å²) < 4.78 is 27.9. The maximum atomic E-state index is 11.0. The fourth-order valence-electron chi connectivity index (χ4n) is 0.855. The van der Waals surface area contributed by atoms with Crippen LogP contribution in [0.5, 0.6) is 5.88 Å². The Kier molecular flexibility index (Phi) is 4.84. The van der Waals surface area contributed by atoms with Crippen molar-refractivity contribution in [3.63, 3.8) is 0 Å². The molecule has 1 aromatic heterocycles. The van der Waals surface area contributed by atoms with E-state index in [4.69, 9.17) is 4.74 Å². The zero-order valence-electron chi connectivity index (χ0n) is 8.87. The van der Waals surface area contributed by atoms with E-state index in [1.165, 1.54) is 18.9 Å². The summed E-state index contributed by atoms with van der Waals surface area (Å²) in [7, 11) is -1.40. The Morgan fingerprint density at radius 3 is 2.76 bits per heavy atom. The molecule has 0 aliphatic rings. The van der Waals surface area contributed by atoms with Crippen LogP contribution >= 0.6 is 11.8 Å². The third kappa shape index (κ3) is 4.36. The van der Waals surface area contributed by atoms with Crippen molar-refractivity contribution in [2.24, 2.45) is 4.36 Å². The van der Waals surface area contributed by atoms with Crippen molar-refractivity contribution < 1.29 is 17.9 Å². The molecule has 0 saturated heterocycles. The minimum atomic E-state index is -2.81. The van der Waals surface area contributed by atoms with Crippen molar-refractivity contribution >= 4 is 34.2 Å². The van der Waals surface area contributed by atoms with Gasteiger partial charge in [0.05, 0.1) is 7.11 Å². The van der Waals surface area contributed by atoms with Gasteiger partial charge in [-0.1, -0.05) is 4.36 Å². The maximum absolute atomic E-state index is 11.0. The summed E-state index contributed by atoms with van der Waals surface area (Å²) in [5.74, 6) is 0.177. The van der Waals surface area contributed by atoms with Crippen molar-refractivity contribution in [3.05, 3.63) is 6.07 Å². The molecule has 1 aromatic rings. The number of nitrogens with zero attached hydrogens (tertiary/aromatic N) is 3. The van der Waals surface area contributed by atoms with E-state index in [0.717, 1.165) is 0 Å².